The van der Waals surface area contributed by atoms with Gasteiger partial charge in [0.05, 0.1) is 25.2 Å². The second kappa shape index (κ2) is 6.74. The lowest BCUT2D eigenvalue weighted by atomic mass is 10.0. The molecule has 0 aromatic carbocycles. The van der Waals surface area contributed by atoms with Crippen LogP contribution >= 0.6 is 11.3 Å². The molecule has 1 aromatic rings. The molecule has 6 nitrogen and oxygen atoms in total. The van der Waals surface area contributed by atoms with Crippen LogP contribution in [0.5, 0.6) is 0 Å². The van der Waals surface area contributed by atoms with Crippen LogP contribution in [0.4, 0.5) is 5.00 Å². The third-order valence-corrected chi connectivity index (χ3v) is 4.33. The zero-order valence-corrected chi connectivity index (χ0v) is 13.8. The Morgan fingerprint density at radius 1 is 1.18 bits per heavy atom. The Bertz CT molecular complexity index is 653. The molecule has 0 amide bonds. The smallest absolute Gasteiger partial charge is 0.347 e. The molecular weight excluding hydrogens is 304 g/mol. The van der Waals surface area contributed by atoms with Crippen LogP contribution < -0.4 is 5.32 Å². The highest BCUT2D eigenvalue weighted by Crippen LogP contribution is 2.41. The minimum Gasteiger partial charge on any atom is -0.462 e. The molecule has 22 heavy (non-hydrogen) atoms. The van der Waals surface area contributed by atoms with Crippen LogP contribution in [0.1, 0.15) is 29.9 Å². The van der Waals surface area contributed by atoms with Crippen LogP contribution in [-0.2, 0) is 19.1 Å². The first-order valence-electron chi connectivity index (χ1n) is 6.99. The van der Waals surface area contributed by atoms with Crippen molar-refractivity contribution in [3.05, 3.63) is 21.6 Å². The third-order valence-electron chi connectivity index (χ3n) is 3.22. The monoisotopic (exact) mass is 322 g/mol. The van der Waals surface area contributed by atoms with Gasteiger partial charge in [0.2, 0.25) is 0 Å². The first-order valence-corrected chi connectivity index (χ1v) is 7.80. The third kappa shape index (κ3) is 2.89. The van der Waals surface area contributed by atoms with Gasteiger partial charge in [-0.3, -0.25) is 0 Å². The normalized spacial score (nSPS) is 12.5. The first-order chi connectivity index (χ1) is 10.5. The number of aliphatic imine (C=N–C) groups is 1. The summed E-state index contributed by atoms with van der Waals surface area (Å²) in [6, 6.07) is 0. The van der Waals surface area contributed by atoms with Crippen LogP contribution in [0.3, 0.4) is 0 Å². The summed E-state index contributed by atoms with van der Waals surface area (Å²) in [7, 11) is 0. The summed E-state index contributed by atoms with van der Waals surface area (Å²) in [5, 5.41) is 3.66. The van der Waals surface area contributed by atoms with Gasteiger partial charge in [0.1, 0.15) is 5.00 Å². The second-order valence-electron chi connectivity index (χ2n) is 4.56. The van der Waals surface area contributed by atoms with E-state index in [4.69, 9.17) is 9.47 Å². The maximum Gasteiger partial charge on any atom is 0.347 e. The topological polar surface area (TPSA) is 77.0 Å². The Hall–Kier alpha value is -2.15. The molecule has 0 atom stereocenters. The number of hydrogen-bond donors (Lipinski definition) is 1. The summed E-state index contributed by atoms with van der Waals surface area (Å²) in [6.07, 6.45) is 1.46. The number of ether oxygens (including phenoxy) is 2. The maximum atomic E-state index is 12.2. The summed E-state index contributed by atoms with van der Waals surface area (Å²) in [4.78, 5) is 29.8. The van der Waals surface area contributed by atoms with Crippen LogP contribution in [0, 0.1) is 13.8 Å². The highest BCUT2D eigenvalue weighted by atomic mass is 32.1. The lowest BCUT2D eigenvalue weighted by molar-refractivity contribution is -0.146. The van der Waals surface area contributed by atoms with Crippen molar-refractivity contribution in [1.29, 1.82) is 0 Å². The molecule has 0 bridgehead atoms. The SMILES string of the molecule is CCOC(=O)C(C(=O)OCC)=C1NC=Nc2sc(C)c(C)c21. The van der Waals surface area contributed by atoms with E-state index in [0.717, 1.165) is 21.0 Å². The van der Waals surface area contributed by atoms with Crippen LogP contribution in [0.15, 0.2) is 10.6 Å². The Morgan fingerprint density at radius 2 is 1.77 bits per heavy atom. The van der Waals surface area contributed by atoms with Crippen molar-refractivity contribution in [1.82, 2.24) is 5.32 Å². The Balaban J connectivity index is 2.63. The van der Waals surface area contributed by atoms with E-state index >= 15 is 0 Å². The molecule has 7 heteroatoms. The van der Waals surface area contributed by atoms with Gasteiger partial charge in [-0.25, -0.2) is 14.6 Å². The molecule has 2 rings (SSSR count). The zero-order valence-electron chi connectivity index (χ0n) is 13.0. The summed E-state index contributed by atoms with van der Waals surface area (Å²) >= 11 is 1.51. The van der Waals surface area contributed by atoms with Gasteiger partial charge in [0.25, 0.3) is 0 Å². The van der Waals surface area contributed by atoms with Gasteiger partial charge in [-0.15, -0.1) is 11.3 Å². The molecule has 0 unspecified atom stereocenters. The molecule has 0 spiro atoms. The average molecular weight is 322 g/mol. The maximum absolute atomic E-state index is 12.2. The van der Waals surface area contributed by atoms with Crippen LogP contribution in [-0.4, -0.2) is 31.5 Å². The molecule has 0 aliphatic carbocycles. The van der Waals surface area contributed by atoms with E-state index in [9.17, 15) is 9.59 Å². The van der Waals surface area contributed by atoms with E-state index in [-0.39, 0.29) is 18.8 Å². The molecule has 118 valence electrons. The van der Waals surface area contributed by atoms with Gasteiger partial charge >= 0.3 is 11.9 Å². The minimum atomic E-state index is -0.701. The summed E-state index contributed by atoms with van der Waals surface area (Å²) in [6.45, 7) is 7.63. The predicted molar refractivity (Wildman–Crippen MR) is 85.3 cm³/mol. The number of carbonyl (C=O) groups excluding carboxylic acids is 2. The lowest BCUT2D eigenvalue weighted by Crippen LogP contribution is -2.26. The van der Waals surface area contributed by atoms with E-state index in [1.807, 2.05) is 13.8 Å². The van der Waals surface area contributed by atoms with Gasteiger partial charge in [-0.05, 0) is 33.3 Å². The Kier molecular flexibility index (Phi) is 4.97. The van der Waals surface area contributed by atoms with E-state index in [1.54, 1.807) is 13.8 Å². The number of nitrogens with one attached hydrogen (secondary N) is 1. The minimum absolute atomic E-state index is 0.128. The fourth-order valence-corrected chi connectivity index (χ4v) is 3.12. The number of thiophene rings is 1. The van der Waals surface area contributed by atoms with E-state index in [1.165, 1.54) is 17.7 Å². The molecule has 0 saturated carbocycles. The van der Waals surface area contributed by atoms with Crippen molar-refractivity contribution in [2.24, 2.45) is 4.99 Å². The summed E-state index contributed by atoms with van der Waals surface area (Å²) in [5.74, 6) is -1.40. The van der Waals surface area contributed by atoms with E-state index in [2.05, 4.69) is 10.3 Å². The highest BCUT2D eigenvalue weighted by molar-refractivity contribution is 7.16. The fourth-order valence-electron chi connectivity index (χ4n) is 2.11. The van der Waals surface area contributed by atoms with Crippen molar-refractivity contribution in [2.45, 2.75) is 27.7 Å². The Labute approximate surface area is 132 Å². The predicted octanol–water partition coefficient (Wildman–Crippen LogP) is 2.47. The molecule has 1 aliphatic rings. The molecule has 1 N–H and O–H groups in total. The quantitative estimate of drug-likeness (QED) is 0.399. The van der Waals surface area contributed by atoms with Gasteiger partial charge in [-0.2, -0.15) is 0 Å². The van der Waals surface area contributed by atoms with Gasteiger partial charge in [0.15, 0.2) is 5.57 Å². The van der Waals surface area contributed by atoms with Crippen LogP contribution in [0.25, 0.3) is 5.70 Å². The van der Waals surface area contributed by atoms with Crippen molar-refractivity contribution in [2.75, 3.05) is 13.2 Å². The van der Waals surface area contributed by atoms with Crippen molar-refractivity contribution in [3.63, 3.8) is 0 Å². The zero-order chi connectivity index (χ0) is 16.3. The van der Waals surface area contributed by atoms with Gasteiger partial charge in [0, 0.05) is 10.4 Å². The number of esters is 2. The number of fused-ring (bicyclic) bond motifs is 1. The fraction of sp³-hybridized carbons (Fsp3) is 0.400. The number of nitrogens with zero attached hydrogens (tertiary/aromatic N) is 1. The van der Waals surface area contributed by atoms with Crippen molar-refractivity contribution in [3.8, 4) is 0 Å². The molecule has 1 aliphatic heterocycles. The lowest BCUT2D eigenvalue weighted by Gasteiger charge is -2.17. The molecule has 2 heterocycles. The highest BCUT2D eigenvalue weighted by Gasteiger charge is 2.31. The number of carbonyl (C=O) groups is 2. The molecular formula is C15H18N2O4S. The summed E-state index contributed by atoms with van der Waals surface area (Å²) < 4.78 is 10.0. The number of hydrogen-bond acceptors (Lipinski definition) is 7. The van der Waals surface area contributed by atoms with E-state index < -0.39 is 11.9 Å². The Morgan fingerprint density at radius 3 is 2.32 bits per heavy atom. The summed E-state index contributed by atoms with van der Waals surface area (Å²) in [5.41, 5.74) is 1.99. The van der Waals surface area contributed by atoms with Gasteiger partial charge in [-0.1, -0.05) is 0 Å². The number of aryl methyl sites for hydroxylation is 1. The van der Waals surface area contributed by atoms with Crippen LogP contribution in [0.2, 0.25) is 0 Å². The number of rotatable bonds is 4. The first kappa shape index (κ1) is 16.2. The van der Waals surface area contributed by atoms with Crippen molar-refractivity contribution >= 4 is 40.3 Å². The molecule has 0 radical (unpaired) electrons. The van der Waals surface area contributed by atoms with Gasteiger partial charge < -0.3 is 14.8 Å². The molecule has 0 fully saturated rings. The van der Waals surface area contributed by atoms with E-state index in [0.29, 0.717) is 5.70 Å². The average Bonchev–Trinajstić information content (AvgIpc) is 2.76. The molecule has 1 aromatic heterocycles. The second-order valence-corrected chi connectivity index (χ2v) is 5.76. The largest absolute Gasteiger partial charge is 0.462 e. The van der Waals surface area contributed by atoms with Crippen molar-refractivity contribution < 1.29 is 19.1 Å². The molecule has 0 saturated heterocycles. The standard InChI is InChI=1S/C15H18N2O4S/c1-5-20-14(18)11(15(19)21-6-2)12-10-8(3)9(4)22-13(10)17-7-16-12/h7H,5-6H2,1-4H3,(H,16,17).